The molecule has 2 atom stereocenters. The second-order valence-electron chi connectivity index (χ2n) is 6.20. The molecule has 0 spiro atoms. The Morgan fingerprint density at radius 2 is 2.10 bits per heavy atom. The molecule has 20 heavy (non-hydrogen) atoms. The van der Waals surface area contributed by atoms with E-state index in [9.17, 15) is 0 Å². The molecule has 2 rings (SSSR count). The van der Waals surface area contributed by atoms with E-state index >= 15 is 0 Å². The van der Waals surface area contributed by atoms with Crippen molar-refractivity contribution in [1.82, 2.24) is 10.3 Å². The maximum atomic E-state index is 4.90. The lowest BCUT2D eigenvalue weighted by Crippen LogP contribution is -2.28. The van der Waals surface area contributed by atoms with Crippen molar-refractivity contribution in [2.24, 2.45) is 5.92 Å². The maximum Gasteiger partial charge on any atom is 0.129 e. The molecule has 0 amide bonds. The van der Waals surface area contributed by atoms with Crippen LogP contribution in [0.1, 0.15) is 51.8 Å². The van der Waals surface area contributed by atoms with E-state index in [0.717, 1.165) is 38.4 Å². The summed E-state index contributed by atoms with van der Waals surface area (Å²) in [6.07, 6.45) is 3.51. The van der Waals surface area contributed by atoms with Gasteiger partial charge in [-0.3, -0.25) is 0 Å². The zero-order valence-electron chi connectivity index (χ0n) is 13.4. The second kappa shape index (κ2) is 7.07. The Hall–Kier alpha value is -1.09. The number of nitrogens with one attached hydrogen (secondary N) is 1. The Labute approximate surface area is 123 Å². The van der Waals surface area contributed by atoms with E-state index in [4.69, 9.17) is 4.98 Å². The summed E-state index contributed by atoms with van der Waals surface area (Å²) in [5, 5.41) is 3.43. The highest BCUT2D eigenvalue weighted by atomic mass is 15.2. The molecular formula is C17H29N3. The lowest BCUT2D eigenvalue weighted by atomic mass is 10.1. The molecule has 0 aliphatic carbocycles. The van der Waals surface area contributed by atoms with Crippen LogP contribution in [0.4, 0.5) is 5.82 Å². The fraction of sp³-hybridized carbons (Fsp3) is 0.706. The van der Waals surface area contributed by atoms with E-state index in [1.165, 1.54) is 23.5 Å². The van der Waals surface area contributed by atoms with Gasteiger partial charge in [0.15, 0.2) is 0 Å². The van der Waals surface area contributed by atoms with E-state index in [0.29, 0.717) is 6.04 Å². The number of hydrogen-bond acceptors (Lipinski definition) is 3. The predicted octanol–water partition coefficient (Wildman–Crippen LogP) is 3.38. The van der Waals surface area contributed by atoms with Gasteiger partial charge in [-0.2, -0.15) is 0 Å². The number of anilines is 1. The highest BCUT2D eigenvalue weighted by Crippen LogP contribution is 2.28. The summed E-state index contributed by atoms with van der Waals surface area (Å²) in [5.74, 6) is 1.96. The zero-order valence-corrected chi connectivity index (χ0v) is 13.4. The molecule has 1 aliphatic rings. The van der Waals surface area contributed by atoms with Gasteiger partial charge in [-0.05, 0) is 49.9 Å². The average Bonchev–Trinajstić information content (AvgIpc) is 2.75. The van der Waals surface area contributed by atoms with Crippen LogP contribution >= 0.6 is 0 Å². The van der Waals surface area contributed by atoms with Crippen molar-refractivity contribution >= 4 is 5.82 Å². The third-order valence-electron chi connectivity index (χ3n) is 4.09. The first kappa shape index (κ1) is 15.3. The van der Waals surface area contributed by atoms with Gasteiger partial charge < -0.3 is 10.2 Å². The van der Waals surface area contributed by atoms with Crippen LogP contribution in [-0.2, 0) is 13.0 Å². The van der Waals surface area contributed by atoms with Crippen LogP contribution in [0.2, 0.25) is 0 Å². The minimum Gasteiger partial charge on any atom is -0.354 e. The van der Waals surface area contributed by atoms with Gasteiger partial charge in [0.1, 0.15) is 5.82 Å². The van der Waals surface area contributed by atoms with Crippen molar-refractivity contribution in [2.45, 2.75) is 59.5 Å². The SMILES string of the molecule is CCCc1cc(CNCC)cc(N2CC(C)CC2C)n1. The molecule has 1 aromatic heterocycles. The summed E-state index contributed by atoms with van der Waals surface area (Å²) in [7, 11) is 0. The van der Waals surface area contributed by atoms with E-state index in [-0.39, 0.29) is 0 Å². The molecule has 1 aromatic rings. The second-order valence-corrected chi connectivity index (χ2v) is 6.20. The fourth-order valence-corrected chi connectivity index (χ4v) is 3.16. The molecule has 0 radical (unpaired) electrons. The maximum absolute atomic E-state index is 4.90. The van der Waals surface area contributed by atoms with Crippen LogP contribution in [0.15, 0.2) is 12.1 Å². The van der Waals surface area contributed by atoms with Crippen LogP contribution in [0.5, 0.6) is 0 Å². The fourth-order valence-electron chi connectivity index (χ4n) is 3.16. The molecule has 1 fully saturated rings. The summed E-state index contributed by atoms with van der Waals surface area (Å²) in [4.78, 5) is 7.38. The van der Waals surface area contributed by atoms with Gasteiger partial charge in [0, 0.05) is 24.8 Å². The Balaban J connectivity index is 2.23. The van der Waals surface area contributed by atoms with Crippen LogP contribution in [0, 0.1) is 5.92 Å². The largest absolute Gasteiger partial charge is 0.354 e. The lowest BCUT2D eigenvalue weighted by molar-refractivity contribution is 0.625. The van der Waals surface area contributed by atoms with E-state index in [1.54, 1.807) is 0 Å². The average molecular weight is 275 g/mol. The molecular weight excluding hydrogens is 246 g/mol. The highest BCUT2D eigenvalue weighted by molar-refractivity contribution is 5.45. The first-order valence-corrected chi connectivity index (χ1v) is 8.11. The van der Waals surface area contributed by atoms with Gasteiger partial charge >= 0.3 is 0 Å². The van der Waals surface area contributed by atoms with Gasteiger partial charge in [-0.25, -0.2) is 4.98 Å². The molecule has 0 aromatic carbocycles. The first-order valence-electron chi connectivity index (χ1n) is 8.11. The number of hydrogen-bond donors (Lipinski definition) is 1. The molecule has 3 heteroatoms. The van der Waals surface area contributed by atoms with Crippen molar-refractivity contribution in [3.05, 3.63) is 23.4 Å². The topological polar surface area (TPSA) is 28.2 Å². The Bertz CT molecular complexity index is 430. The van der Waals surface area contributed by atoms with Gasteiger partial charge in [0.25, 0.3) is 0 Å². The predicted molar refractivity (Wildman–Crippen MR) is 86.2 cm³/mol. The first-order chi connectivity index (χ1) is 9.63. The van der Waals surface area contributed by atoms with Crippen LogP contribution in [0.25, 0.3) is 0 Å². The van der Waals surface area contributed by atoms with E-state index in [1.807, 2.05) is 0 Å². The van der Waals surface area contributed by atoms with E-state index < -0.39 is 0 Å². The standard InChI is InChI=1S/C17H29N3/c1-5-7-16-9-15(11-18-6-2)10-17(19-16)20-12-13(3)8-14(20)4/h9-10,13-14,18H,5-8,11-12H2,1-4H3. The molecule has 112 valence electrons. The minimum atomic E-state index is 0.612. The van der Waals surface area contributed by atoms with E-state index in [2.05, 4.69) is 50.0 Å². The smallest absolute Gasteiger partial charge is 0.129 e. The molecule has 2 heterocycles. The van der Waals surface area contributed by atoms with Crippen molar-refractivity contribution < 1.29 is 0 Å². The molecule has 1 saturated heterocycles. The normalized spacial score (nSPS) is 22.5. The van der Waals surface area contributed by atoms with Gasteiger partial charge in [-0.1, -0.05) is 27.2 Å². The quantitative estimate of drug-likeness (QED) is 0.862. The van der Waals surface area contributed by atoms with Crippen LogP contribution < -0.4 is 10.2 Å². The Morgan fingerprint density at radius 1 is 1.30 bits per heavy atom. The number of aromatic nitrogens is 1. The monoisotopic (exact) mass is 275 g/mol. The third kappa shape index (κ3) is 3.72. The molecule has 0 saturated carbocycles. The van der Waals surface area contributed by atoms with Gasteiger partial charge in [-0.15, -0.1) is 0 Å². The van der Waals surface area contributed by atoms with Crippen molar-refractivity contribution in [1.29, 1.82) is 0 Å². The molecule has 0 bridgehead atoms. The Morgan fingerprint density at radius 3 is 2.70 bits per heavy atom. The number of aryl methyl sites for hydroxylation is 1. The van der Waals surface area contributed by atoms with Crippen molar-refractivity contribution in [3.63, 3.8) is 0 Å². The van der Waals surface area contributed by atoms with Gasteiger partial charge in [0.2, 0.25) is 0 Å². The number of nitrogens with zero attached hydrogens (tertiary/aromatic N) is 2. The van der Waals surface area contributed by atoms with Crippen LogP contribution in [-0.4, -0.2) is 24.1 Å². The Kier molecular flexibility index (Phi) is 5.41. The number of pyridine rings is 1. The summed E-state index contributed by atoms with van der Waals surface area (Å²) in [5.41, 5.74) is 2.61. The van der Waals surface area contributed by atoms with Crippen molar-refractivity contribution in [2.75, 3.05) is 18.0 Å². The van der Waals surface area contributed by atoms with Crippen molar-refractivity contribution in [3.8, 4) is 0 Å². The summed E-state index contributed by atoms with van der Waals surface area (Å²) in [6.45, 7) is 12.1. The molecule has 1 N–H and O–H groups in total. The molecule has 1 aliphatic heterocycles. The number of rotatable bonds is 6. The van der Waals surface area contributed by atoms with Gasteiger partial charge in [0.05, 0.1) is 0 Å². The highest BCUT2D eigenvalue weighted by Gasteiger charge is 2.27. The third-order valence-corrected chi connectivity index (χ3v) is 4.09. The molecule has 2 unspecified atom stereocenters. The molecule has 3 nitrogen and oxygen atoms in total. The minimum absolute atomic E-state index is 0.612. The lowest BCUT2D eigenvalue weighted by Gasteiger charge is -2.24. The summed E-state index contributed by atoms with van der Waals surface area (Å²) < 4.78 is 0. The van der Waals surface area contributed by atoms with Crippen LogP contribution in [0.3, 0.4) is 0 Å². The summed E-state index contributed by atoms with van der Waals surface area (Å²) in [6, 6.07) is 5.15. The zero-order chi connectivity index (χ0) is 14.5. The summed E-state index contributed by atoms with van der Waals surface area (Å²) >= 11 is 0.